The van der Waals surface area contributed by atoms with Crippen molar-refractivity contribution < 1.29 is 9.21 Å². The summed E-state index contributed by atoms with van der Waals surface area (Å²) in [6.45, 7) is 1.90. The molecule has 0 aliphatic rings. The first-order valence-corrected chi connectivity index (χ1v) is 6.15. The predicted octanol–water partition coefficient (Wildman–Crippen LogP) is 3.16. The van der Waals surface area contributed by atoms with Gasteiger partial charge in [0, 0.05) is 5.88 Å². The summed E-state index contributed by atoms with van der Waals surface area (Å²) < 4.78 is 4.90. The SMILES string of the molecule is CC(CCl)(NC(=O)c1ccoc1)c1ccccc1. The van der Waals surface area contributed by atoms with Gasteiger partial charge in [-0.1, -0.05) is 30.3 Å². The first kappa shape index (κ1) is 12.7. The number of amides is 1. The minimum atomic E-state index is -0.600. The average molecular weight is 264 g/mol. The molecule has 18 heavy (non-hydrogen) atoms. The molecule has 4 heteroatoms. The Bertz CT molecular complexity index is 510. The van der Waals surface area contributed by atoms with Crippen LogP contribution < -0.4 is 5.32 Å². The van der Waals surface area contributed by atoms with Crippen molar-refractivity contribution in [3.05, 3.63) is 60.1 Å². The van der Waals surface area contributed by atoms with Crippen LogP contribution in [0.25, 0.3) is 0 Å². The Morgan fingerprint density at radius 3 is 2.61 bits per heavy atom. The molecule has 0 aliphatic carbocycles. The van der Waals surface area contributed by atoms with Gasteiger partial charge in [0.05, 0.1) is 17.4 Å². The standard InChI is InChI=1S/C14H14ClNO2/c1-14(10-15,12-5-3-2-4-6-12)16-13(17)11-7-8-18-9-11/h2-9H,10H2,1H3,(H,16,17). The second kappa shape index (κ2) is 5.27. The molecule has 1 N–H and O–H groups in total. The van der Waals surface area contributed by atoms with Gasteiger partial charge in [-0.2, -0.15) is 0 Å². The lowest BCUT2D eigenvalue weighted by Crippen LogP contribution is -2.44. The summed E-state index contributed by atoms with van der Waals surface area (Å²) >= 11 is 6.01. The lowest BCUT2D eigenvalue weighted by Gasteiger charge is -2.29. The van der Waals surface area contributed by atoms with Crippen molar-refractivity contribution in [3.63, 3.8) is 0 Å². The van der Waals surface area contributed by atoms with Gasteiger partial charge in [0.25, 0.3) is 5.91 Å². The quantitative estimate of drug-likeness (QED) is 0.861. The smallest absolute Gasteiger partial charge is 0.255 e. The van der Waals surface area contributed by atoms with E-state index in [4.69, 9.17) is 16.0 Å². The van der Waals surface area contributed by atoms with E-state index in [1.807, 2.05) is 37.3 Å². The van der Waals surface area contributed by atoms with Crippen LogP contribution in [0.5, 0.6) is 0 Å². The maximum atomic E-state index is 12.0. The normalized spacial score (nSPS) is 13.9. The first-order valence-electron chi connectivity index (χ1n) is 5.62. The summed E-state index contributed by atoms with van der Waals surface area (Å²) in [6, 6.07) is 11.3. The molecule has 1 aromatic heterocycles. The van der Waals surface area contributed by atoms with Gasteiger partial charge in [0.2, 0.25) is 0 Å². The Kier molecular flexibility index (Phi) is 3.72. The number of carbonyl (C=O) groups excluding carboxylic acids is 1. The maximum Gasteiger partial charge on any atom is 0.255 e. The molecule has 1 atom stereocenters. The van der Waals surface area contributed by atoms with Gasteiger partial charge in [0.15, 0.2) is 0 Å². The van der Waals surface area contributed by atoms with Crippen molar-refractivity contribution in [3.8, 4) is 0 Å². The molecule has 1 amide bonds. The highest BCUT2D eigenvalue weighted by Gasteiger charge is 2.28. The van der Waals surface area contributed by atoms with Crippen LogP contribution in [0.2, 0.25) is 0 Å². The molecule has 0 fully saturated rings. The van der Waals surface area contributed by atoms with E-state index in [1.54, 1.807) is 6.07 Å². The van der Waals surface area contributed by atoms with Crippen LogP contribution in [-0.2, 0) is 5.54 Å². The highest BCUT2D eigenvalue weighted by Crippen LogP contribution is 2.22. The Morgan fingerprint density at radius 2 is 2.06 bits per heavy atom. The molecular weight excluding hydrogens is 250 g/mol. The first-order chi connectivity index (χ1) is 8.65. The summed E-state index contributed by atoms with van der Waals surface area (Å²) in [5, 5.41) is 2.93. The predicted molar refractivity (Wildman–Crippen MR) is 70.7 cm³/mol. The van der Waals surface area contributed by atoms with Crippen LogP contribution in [0.3, 0.4) is 0 Å². The zero-order valence-electron chi connectivity index (χ0n) is 10.0. The Labute approximate surface area is 111 Å². The molecule has 0 saturated heterocycles. The number of halogens is 1. The number of alkyl halides is 1. The molecule has 1 heterocycles. The monoisotopic (exact) mass is 263 g/mol. The van der Waals surface area contributed by atoms with E-state index in [2.05, 4.69) is 5.32 Å². The van der Waals surface area contributed by atoms with Gasteiger partial charge in [-0.05, 0) is 18.6 Å². The Balaban J connectivity index is 2.21. The summed E-state index contributed by atoms with van der Waals surface area (Å²) in [7, 11) is 0. The van der Waals surface area contributed by atoms with E-state index in [-0.39, 0.29) is 5.91 Å². The number of furan rings is 1. The highest BCUT2D eigenvalue weighted by atomic mass is 35.5. The number of hydrogen-bond acceptors (Lipinski definition) is 2. The van der Waals surface area contributed by atoms with Gasteiger partial charge >= 0.3 is 0 Å². The van der Waals surface area contributed by atoms with Crippen molar-refractivity contribution in [2.45, 2.75) is 12.5 Å². The van der Waals surface area contributed by atoms with Gasteiger partial charge in [-0.3, -0.25) is 4.79 Å². The molecule has 0 radical (unpaired) electrons. The molecule has 2 rings (SSSR count). The summed E-state index contributed by atoms with van der Waals surface area (Å²) in [4.78, 5) is 12.0. The summed E-state index contributed by atoms with van der Waals surface area (Å²) in [6.07, 6.45) is 2.88. The van der Waals surface area contributed by atoms with Crippen molar-refractivity contribution in [1.82, 2.24) is 5.32 Å². The van der Waals surface area contributed by atoms with E-state index in [0.717, 1.165) is 5.56 Å². The zero-order valence-corrected chi connectivity index (χ0v) is 10.8. The van der Waals surface area contributed by atoms with E-state index in [9.17, 15) is 4.79 Å². The highest BCUT2D eigenvalue weighted by molar-refractivity contribution is 6.19. The van der Waals surface area contributed by atoms with Crippen LogP contribution in [0, 0.1) is 0 Å². The lowest BCUT2D eigenvalue weighted by atomic mass is 9.94. The van der Waals surface area contributed by atoms with Gasteiger partial charge < -0.3 is 9.73 Å². The second-order valence-corrected chi connectivity index (χ2v) is 4.57. The molecule has 3 nitrogen and oxygen atoms in total. The van der Waals surface area contributed by atoms with Gasteiger partial charge in [-0.15, -0.1) is 11.6 Å². The van der Waals surface area contributed by atoms with Crippen molar-refractivity contribution in [1.29, 1.82) is 0 Å². The molecule has 94 valence electrons. The third-order valence-corrected chi connectivity index (χ3v) is 3.39. The van der Waals surface area contributed by atoms with Crippen LogP contribution in [0.4, 0.5) is 0 Å². The fourth-order valence-corrected chi connectivity index (χ4v) is 1.93. The molecule has 2 aromatic rings. The largest absolute Gasteiger partial charge is 0.472 e. The van der Waals surface area contributed by atoms with E-state index in [1.165, 1.54) is 12.5 Å². The number of hydrogen-bond donors (Lipinski definition) is 1. The third kappa shape index (κ3) is 2.57. The van der Waals surface area contributed by atoms with Crippen LogP contribution in [0.15, 0.2) is 53.3 Å². The van der Waals surface area contributed by atoms with Gasteiger partial charge in [0.1, 0.15) is 6.26 Å². The van der Waals surface area contributed by atoms with E-state index in [0.29, 0.717) is 11.4 Å². The molecule has 0 saturated carbocycles. The number of rotatable bonds is 4. The number of benzene rings is 1. The molecule has 1 aromatic carbocycles. The van der Waals surface area contributed by atoms with Crippen LogP contribution in [-0.4, -0.2) is 11.8 Å². The van der Waals surface area contributed by atoms with Crippen molar-refractivity contribution >= 4 is 17.5 Å². The Morgan fingerprint density at radius 1 is 1.33 bits per heavy atom. The maximum absolute atomic E-state index is 12.0. The average Bonchev–Trinajstić information content (AvgIpc) is 2.93. The van der Waals surface area contributed by atoms with Crippen LogP contribution in [0.1, 0.15) is 22.8 Å². The fourth-order valence-electron chi connectivity index (χ4n) is 1.71. The molecule has 0 bridgehead atoms. The van der Waals surface area contributed by atoms with Crippen molar-refractivity contribution in [2.24, 2.45) is 0 Å². The molecular formula is C14H14ClNO2. The second-order valence-electron chi connectivity index (χ2n) is 4.30. The zero-order chi connectivity index (χ0) is 13.0. The van der Waals surface area contributed by atoms with E-state index < -0.39 is 5.54 Å². The molecule has 1 unspecified atom stereocenters. The summed E-state index contributed by atoms with van der Waals surface area (Å²) in [5.41, 5.74) is 0.857. The topological polar surface area (TPSA) is 42.2 Å². The minimum Gasteiger partial charge on any atom is -0.472 e. The Hall–Kier alpha value is -1.74. The minimum absolute atomic E-state index is 0.198. The molecule has 0 spiro atoms. The van der Waals surface area contributed by atoms with Crippen LogP contribution >= 0.6 is 11.6 Å². The molecule has 0 aliphatic heterocycles. The number of carbonyl (C=O) groups is 1. The number of nitrogens with one attached hydrogen (secondary N) is 1. The summed E-state index contributed by atoms with van der Waals surface area (Å²) in [5.74, 6) is 0.0939. The lowest BCUT2D eigenvalue weighted by molar-refractivity contribution is 0.0912. The fraction of sp³-hybridized carbons (Fsp3) is 0.214. The van der Waals surface area contributed by atoms with Crippen molar-refractivity contribution in [2.75, 3.05) is 5.88 Å². The van der Waals surface area contributed by atoms with E-state index >= 15 is 0 Å². The third-order valence-electron chi connectivity index (χ3n) is 2.85. The van der Waals surface area contributed by atoms with Gasteiger partial charge in [-0.25, -0.2) is 0 Å².